The lowest BCUT2D eigenvalue weighted by Gasteiger charge is -2.11. The number of nitrogens with zero attached hydrogens (tertiary/aromatic N) is 1. The lowest BCUT2D eigenvalue weighted by molar-refractivity contribution is -0.115. The van der Waals surface area contributed by atoms with E-state index in [0.29, 0.717) is 21.6 Å². The summed E-state index contributed by atoms with van der Waals surface area (Å²) in [5.74, 6) is -0.116. The van der Waals surface area contributed by atoms with E-state index >= 15 is 0 Å². The van der Waals surface area contributed by atoms with Crippen molar-refractivity contribution in [3.63, 3.8) is 0 Å². The molecule has 3 aromatic carbocycles. The molecule has 1 amide bonds. The van der Waals surface area contributed by atoms with Crippen molar-refractivity contribution in [3.05, 3.63) is 93.4 Å². The fraction of sp³-hybridized carbons (Fsp3) is 0.148. The number of thioether (sulfide) groups is 1. The van der Waals surface area contributed by atoms with Gasteiger partial charge in [0.25, 0.3) is 5.91 Å². The largest absolute Gasteiger partial charge is 0.493 e. The summed E-state index contributed by atoms with van der Waals surface area (Å²) < 4.78 is 11.3. The number of hydrogen-bond donors (Lipinski definition) is 2. The third-order valence-electron chi connectivity index (χ3n) is 5.45. The first-order valence-corrected chi connectivity index (χ1v) is 11.6. The summed E-state index contributed by atoms with van der Waals surface area (Å²) >= 11 is 1.28. The minimum absolute atomic E-state index is 0.207. The molecule has 7 nitrogen and oxygen atoms in total. The van der Waals surface area contributed by atoms with Crippen LogP contribution in [0.25, 0.3) is 6.08 Å². The number of aromatic carboxylic acids is 1. The molecular weight excluding hydrogens is 464 g/mol. The van der Waals surface area contributed by atoms with Gasteiger partial charge >= 0.3 is 5.97 Å². The molecule has 0 radical (unpaired) electrons. The standard InChI is InChI=1S/C27H24N2O5S/c1-16-4-10-21(12-17(16)2)28-27-29-25(30)24(35-27)14-19-7-11-22(23(13-19)33-3)34-15-18-5-8-20(9-6-18)26(31)32/h4-14H,15H2,1-3H3,(H,31,32)(H,28,29,30). The third kappa shape index (κ3) is 5.91. The highest BCUT2D eigenvalue weighted by atomic mass is 32.2. The van der Waals surface area contributed by atoms with Crippen LogP contribution in [0, 0.1) is 13.8 Å². The number of carbonyl (C=O) groups excluding carboxylic acids is 1. The van der Waals surface area contributed by atoms with Crippen molar-refractivity contribution in [1.29, 1.82) is 0 Å². The van der Waals surface area contributed by atoms with Crippen molar-refractivity contribution in [2.24, 2.45) is 4.99 Å². The van der Waals surface area contributed by atoms with Crippen LogP contribution in [0.2, 0.25) is 0 Å². The Morgan fingerprint density at radius 3 is 2.49 bits per heavy atom. The molecule has 0 saturated carbocycles. The number of ether oxygens (including phenoxy) is 2. The quantitative estimate of drug-likeness (QED) is 0.428. The number of carboxylic acids is 1. The van der Waals surface area contributed by atoms with Gasteiger partial charge in [-0.05, 0) is 90.3 Å². The van der Waals surface area contributed by atoms with Crippen molar-refractivity contribution < 1.29 is 24.2 Å². The first-order valence-electron chi connectivity index (χ1n) is 10.8. The van der Waals surface area contributed by atoms with E-state index in [1.54, 1.807) is 37.5 Å². The number of amides is 1. The number of rotatable bonds is 7. The van der Waals surface area contributed by atoms with E-state index < -0.39 is 5.97 Å². The van der Waals surface area contributed by atoms with Gasteiger partial charge in [-0.15, -0.1) is 0 Å². The van der Waals surface area contributed by atoms with Crippen molar-refractivity contribution >= 4 is 40.6 Å². The number of benzene rings is 3. The molecule has 35 heavy (non-hydrogen) atoms. The van der Waals surface area contributed by atoms with Gasteiger partial charge in [-0.25, -0.2) is 9.79 Å². The van der Waals surface area contributed by atoms with Crippen LogP contribution in [0.1, 0.15) is 32.6 Å². The molecule has 1 aliphatic rings. The maximum Gasteiger partial charge on any atom is 0.335 e. The molecule has 4 rings (SSSR count). The van der Waals surface area contributed by atoms with Crippen LogP contribution in [0.4, 0.5) is 5.69 Å². The highest BCUT2D eigenvalue weighted by molar-refractivity contribution is 8.18. The molecular formula is C27H24N2O5S. The zero-order valence-corrected chi connectivity index (χ0v) is 20.3. The number of carbonyl (C=O) groups is 2. The first-order chi connectivity index (χ1) is 16.8. The van der Waals surface area contributed by atoms with Crippen molar-refractivity contribution in [2.75, 3.05) is 7.11 Å². The molecule has 0 atom stereocenters. The Labute approximate surface area is 207 Å². The molecule has 0 bridgehead atoms. The first kappa shape index (κ1) is 24.1. The van der Waals surface area contributed by atoms with Crippen LogP contribution in [-0.4, -0.2) is 29.3 Å². The third-order valence-corrected chi connectivity index (χ3v) is 6.36. The molecule has 2 N–H and O–H groups in total. The minimum atomic E-state index is -0.971. The van der Waals surface area contributed by atoms with Crippen molar-refractivity contribution in [2.45, 2.75) is 20.5 Å². The summed E-state index contributed by atoms with van der Waals surface area (Å²) in [6.07, 6.45) is 1.78. The van der Waals surface area contributed by atoms with E-state index in [1.165, 1.54) is 29.5 Å². The minimum Gasteiger partial charge on any atom is -0.493 e. The maximum atomic E-state index is 12.5. The van der Waals surface area contributed by atoms with Crippen LogP contribution >= 0.6 is 11.8 Å². The van der Waals surface area contributed by atoms with Gasteiger partial charge in [0.1, 0.15) is 6.61 Å². The zero-order chi connectivity index (χ0) is 24.9. The second-order valence-corrected chi connectivity index (χ2v) is 8.98. The van der Waals surface area contributed by atoms with Crippen LogP contribution in [-0.2, 0) is 11.4 Å². The summed E-state index contributed by atoms with van der Waals surface area (Å²) in [6, 6.07) is 17.8. The lowest BCUT2D eigenvalue weighted by atomic mass is 10.1. The number of aryl methyl sites for hydroxylation is 2. The molecule has 8 heteroatoms. The van der Waals surface area contributed by atoms with Gasteiger partial charge in [-0.2, -0.15) is 0 Å². The second-order valence-electron chi connectivity index (χ2n) is 7.95. The molecule has 1 aliphatic heterocycles. The predicted molar refractivity (Wildman–Crippen MR) is 137 cm³/mol. The normalized spacial score (nSPS) is 15.3. The van der Waals surface area contributed by atoms with Crippen LogP contribution in [0.15, 0.2) is 70.6 Å². The topological polar surface area (TPSA) is 97.2 Å². The monoisotopic (exact) mass is 488 g/mol. The van der Waals surface area contributed by atoms with Gasteiger partial charge in [0.15, 0.2) is 16.7 Å². The van der Waals surface area contributed by atoms with Crippen LogP contribution in [0.3, 0.4) is 0 Å². The summed E-state index contributed by atoms with van der Waals surface area (Å²) in [5, 5.41) is 12.4. The molecule has 1 heterocycles. The van der Waals surface area contributed by atoms with E-state index in [1.807, 2.05) is 38.1 Å². The second kappa shape index (κ2) is 10.5. The van der Waals surface area contributed by atoms with Gasteiger partial charge in [-0.1, -0.05) is 24.3 Å². The Kier molecular flexibility index (Phi) is 7.22. The van der Waals surface area contributed by atoms with Gasteiger partial charge in [0, 0.05) is 0 Å². The van der Waals surface area contributed by atoms with E-state index in [9.17, 15) is 9.59 Å². The molecule has 0 spiro atoms. The fourth-order valence-electron chi connectivity index (χ4n) is 3.34. The molecule has 0 unspecified atom stereocenters. The van der Waals surface area contributed by atoms with Crippen molar-refractivity contribution in [3.8, 4) is 11.5 Å². The van der Waals surface area contributed by atoms with Crippen LogP contribution in [0.5, 0.6) is 11.5 Å². The highest BCUT2D eigenvalue weighted by Gasteiger charge is 2.24. The summed E-state index contributed by atoms with van der Waals surface area (Å²) in [6.45, 7) is 4.33. The molecule has 0 aliphatic carbocycles. The Hall–Kier alpha value is -4.04. The molecule has 3 aromatic rings. The maximum absolute atomic E-state index is 12.5. The van der Waals surface area contributed by atoms with Crippen LogP contribution < -0.4 is 14.8 Å². The number of methoxy groups -OCH3 is 1. The lowest BCUT2D eigenvalue weighted by Crippen LogP contribution is -2.19. The Balaban J connectivity index is 1.46. The molecule has 0 aromatic heterocycles. The number of carboxylic acid groups (broad SMARTS) is 1. The Morgan fingerprint density at radius 2 is 1.80 bits per heavy atom. The zero-order valence-electron chi connectivity index (χ0n) is 19.5. The smallest absolute Gasteiger partial charge is 0.335 e. The average Bonchev–Trinajstić information content (AvgIpc) is 3.18. The summed E-state index contributed by atoms with van der Waals surface area (Å²) in [7, 11) is 1.55. The van der Waals surface area contributed by atoms with E-state index in [4.69, 9.17) is 14.6 Å². The summed E-state index contributed by atoms with van der Waals surface area (Å²) in [5.41, 5.74) is 4.96. The Bertz CT molecular complexity index is 1350. The van der Waals surface area contributed by atoms with Gasteiger partial charge in [0.05, 0.1) is 23.3 Å². The van der Waals surface area contributed by atoms with Crippen molar-refractivity contribution in [1.82, 2.24) is 5.32 Å². The fourth-order valence-corrected chi connectivity index (χ4v) is 4.18. The summed E-state index contributed by atoms with van der Waals surface area (Å²) in [4.78, 5) is 28.5. The number of nitrogens with one attached hydrogen (secondary N) is 1. The van der Waals surface area contributed by atoms with Gasteiger partial charge < -0.3 is 19.9 Å². The SMILES string of the molecule is COc1cc(C=C2SC(=Nc3ccc(C)c(C)c3)NC2=O)ccc1OCc1ccc(C(=O)O)cc1. The Morgan fingerprint density at radius 1 is 1.03 bits per heavy atom. The van der Waals surface area contributed by atoms with Gasteiger partial charge in [-0.3, -0.25) is 4.79 Å². The number of amidine groups is 1. The van der Waals surface area contributed by atoms with E-state index in [2.05, 4.69) is 10.3 Å². The predicted octanol–water partition coefficient (Wildman–Crippen LogP) is 5.48. The molecule has 1 saturated heterocycles. The number of hydrogen-bond acceptors (Lipinski definition) is 6. The van der Waals surface area contributed by atoms with E-state index in [-0.39, 0.29) is 18.1 Å². The van der Waals surface area contributed by atoms with E-state index in [0.717, 1.165) is 22.4 Å². The van der Waals surface area contributed by atoms with Gasteiger partial charge in [0.2, 0.25) is 0 Å². The molecule has 1 fully saturated rings. The average molecular weight is 489 g/mol. The molecule has 178 valence electrons. The number of aliphatic imine (C=N–C) groups is 1. The highest BCUT2D eigenvalue weighted by Crippen LogP contribution is 2.33.